The van der Waals surface area contributed by atoms with Crippen molar-refractivity contribution in [2.45, 2.75) is 26.8 Å². The number of nitrogens with zero attached hydrogens (tertiary/aromatic N) is 1. The molecule has 0 unspecified atom stereocenters. The van der Waals surface area contributed by atoms with Crippen LogP contribution < -0.4 is 20.1 Å². The molecule has 0 aromatic heterocycles. The lowest BCUT2D eigenvalue weighted by atomic mass is 10.1. The molecule has 9 nitrogen and oxygen atoms in total. The number of methoxy groups -OCH3 is 1. The molecule has 0 bridgehead atoms. The topological polar surface area (TPSA) is 120 Å². The predicted molar refractivity (Wildman–Crippen MR) is 116 cm³/mol. The van der Waals surface area contributed by atoms with Gasteiger partial charge in [0.2, 0.25) is 5.91 Å². The summed E-state index contributed by atoms with van der Waals surface area (Å²) in [6, 6.07) is 11.1. The van der Waals surface area contributed by atoms with E-state index < -0.39 is 16.7 Å². The molecule has 0 heterocycles. The molecule has 2 amide bonds. The van der Waals surface area contributed by atoms with Crippen LogP contribution in [0.25, 0.3) is 6.08 Å². The molecule has 0 aliphatic carbocycles. The first kappa shape index (κ1) is 23.4. The Balaban J connectivity index is 2.17. The summed E-state index contributed by atoms with van der Waals surface area (Å²) in [7, 11) is 1.53. The van der Waals surface area contributed by atoms with Crippen LogP contribution in [0.4, 0.5) is 5.69 Å². The van der Waals surface area contributed by atoms with E-state index in [4.69, 9.17) is 9.47 Å². The zero-order chi connectivity index (χ0) is 22.8. The first-order valence-corrected chi connectivity index (χ1v) is 9.65. The smallest absolute Gasteiger partial charge is 0.270 e. The molecule has 0 atom stereocenters. The fourth-order valence-electron chi connectivity index (χ4n) is 2.67. The largest absolute Gasteiger partial charge is 0.493 e. The van der Waals surface area contributed by atoms with E-state index >= 15 is 0 Å². The van der Waals surface area contributed by atoms with Crippen LogP contribution in [0.3, 0.4) is 0 Å². The fraction of sp³-hybridized carbons (Fsp3) is 0.273. The summed E-state index contributed by atoms with van der Waals surface area (Å²) < 4.78 is 11.0. The summed E-state index contributed by atoms with van der Waals surface area (Å²) in [5.74, 6) is 0.191. The number of carbonyl (C=O) groups is 2. The highest BCUT2D eigenvalue weighted by Crippen LogP contribution is 2.28. The highest BCUT2D eigenvalue weighted by Gasteiger charge is 2.13. The zero-order valence-corrected chi connectivity index (χ0v) is 17.6. The monoisotopic (exact) mass is 427 g/mol. The summed E-state index contributed by atoms with van der Waals surface area (Å²) in [4.78, 5) is 34.6. The van der Waals surface area contributed by atoms with Crippen molar-refractivity contribution >= 4 is 23.6 Å². The Kier molecular flexibility index (Phi) is 8.56. The third kappa shape index (κ3) is 7.14. The van der Waals surface area contributed by atoms with Gasteiger partial charge in [-0.3, -0.25) is 19.7 Å². The normalized spacial score (nSPS) is 10.9. The Hall–Kier alpha value is -3.88. The number of benzene rings is 2. The van der Waals surface area contributed by atoms with E-state index in [-0.39, 0.29) is 17.9 Å². The van der Waals surface area contributed by atoms with Crippen molar-refractivity contribution in [1.29, 1.82) is 0 Å². The molecule has 2 rings (SSSR count). The lowest BCUT2D eigenvalue weighted by Gasteiger charge is -2.13. The lowest BCUT2D eigenvalue weighted by molar-refractivity contribution is -0.384. The molecule has 0 saturated carbocycles. The third-order valence-electron chi connectivity index (χ3n) is 4.09. The van der Waals surface area contributed by atoms with Gasteiger partial charge in [-0.25, -0.2) is 0 Å². The Morgan fingerprint density at radius 3 is 2.58 bits per heavy atom. The van der Waals surface area contributed by atoms with E-state index in [0.717, 1.165) is 12.0 Å². The highest BCUT2D eigenvalue weighted by atomic mass is 16.6. The van der Waals surface area contributed by atoms with E-state index in [9.17, 15) is 19.7 Å². The molecule has 0 spiro atoms. The average molecular weight is 427 g/mol. The molecular formula is C22H25N3O6. The maximum Gasteiger partial charge on any atom is 0.270 e. The summed E-state index contributed by atoms with van der Waals surface area (Å²) in [6.45, 7) is 4.02. The first-order valence-electron chi connectivity index (χ1n) is 9.65. The van der Waals surface area contributed by atoms with E-state index in [2.05, 4.69) is 10.6 Å². The van der Waals surface area contributed by atoms with Gasteiger partial charge < -0.3 is 20.1 Å². The molecule has 31 heavy (non-hydrogen) atoms. The van der Waals surface area contributed by atoms with Crippen molar-refractivity contribution in [2.75, 3.05) is 13.7 Å². The molecule has 9 heteroatoms. The van der Waals surface area contributed by atoms with Gasteiger partial charge in [0, 0.05) is 25.6 Å². The van der Waals surface area contributed by atoms with Crippen LogP contribution in [0.2, 0.25) is 0 Å². The van der Waals surface area contributed by atoms with Crippen LogP contribution >= 0.6 is 0 Å². The van der Waals surface area contributed by atoms with Crippen LogP contribution in [0, 0.1) is 10.1 Å². The molecule has 2 aromatic rings. The quantitative estimate of drug-likeness (QED) is 0.341. The van der Waals surface area contributed by atoms with Crippen molar-refractivity contribution in [3.05, 3.63) is 69.4 Å². The molecule has 2 aromatic carbocycles. The second kappa shape index (κ2) is 11.3. The van der Waals surface area contributed by atoms with Crippen LogP contribution in [0.15, 0.2) is 48.2 Å². The number of amides is 2. The first-order chi connectivity index (χ1) is 14.8. The minimum Gasteiger partial charge on any atom is -0.493 e. The maximum absolute atomic E-state index is 12.7. The van der Waals surface area contributed by atoms with Gasteiger partial charge in [0.25, 0.3) is 11.6 Å². The van der Waals surface area contributed by atoms with E-state index in [0.29, 0.717) is 23.7 Å². The van der Waals surface area contributed by atoms with Crippen LogP contribution in [0.1, 0.15) is 31.4 Å². The van der Waals surface area contributed by atoms with Crippen molar-refractivity contribution in [3.63, 3.8) is 0 Å². The Morgan fingerprint density at radius 2 is 1.94 bits per heavy atom. The number of nitro groups is 1. The van der Waals surface area contributed by atoms with Gasteiger partial charge in [-0.1, -0.05) is 25.1 Å². The Morgan fingerprint density at radius 1 is 1.16 bits per heavy atom. The summed E-state index contributed by atoms with van der Waals surface area (Å²) in [6.07, 6.45) is 2.25. The van der Waals surface area contributed by atoms with Crippen molar-refractivity contribution in [1.82, 2.24) is 10.6 Å². The Labute approximate surface area is 180 Å². The molecule has 0 saturated heterocycles. The SMILES string of the molecule is CCCOc1ccc(CNC(=O)/C(=C/c2cccc([N+](=O)[O-])c2)NC(C)=O)cc1OC. The third-order valence-corrected chi connectivity index (χ3v) is 4.09. The van der Waals surface area contributed by atoms with Gasteiger partial charge in [-0.05, 0) is 35.8 Å². The fourth-order valence-corrected chi connectivity index (χ4v) is 2.67. The standard InChI is InChI=1S/C22H25N3O6/c1-4-10-31-20-9-8-17(13-21(20)30-3)14-23-22(27)19(24-15(2)26)12-16-6-5-7-18(11-16)25(28)29/h5-9,11-13H,4,10,14H2,1-3H3,(H,23,27)(H,24,26)/b19-12-. The molecular weight excluding hydrogens is 402 g/mol. The minimum atomic E-state index is -0.535. The molecule has 0 aliphatic rings. The van der Waals surface area contributed by atoms with Crippen molar-refractivity contribution < 1.29 is 24.0 Å². The number of non-ortho nitro benzene ring substituents is 1. The second-order valence-corrected chi connectivity index (χ2v) is 6.61. The molecule has 0 radical (unpaired) electrons. The van der Waals surface area contributed by atoms with Gasteiger partial charge in [-0.2, -0.15) is 0 Å². The average Bonchev–Trinajstić information content (AvgIpc) is 2.75. The lowest BCUT2D eigenvalue weighted by Crippen LogP contribution is -2.33. The molecule has 0 aliphatic heterocycles. The molecule has 2 N–H and O–H groups in total. The zero-order valence-electron chi connectivity index (χ0n) is 17.6. The minimum absolute atomic E-state index is 0.0251. The predicted octanol–water partition coefficient (Wildman–Crippen LogP) is 3.19. The van der Waals surface area contributed by atoms with Gasteiger partial charge in [0.1, 0.15) is 5.70 Å². The number of nitro benzene ring substituents is 1. The van der Waals surface area contributed by atoms with Crippen LogP contribution in [-0.4, -0.2) is 30.5 Å². The van der Waals surface area contributed by atoms with E-state index in [1.807, 2.05) is 6.92 Å². The van der Waals surface area contributed by atoms with E-state index in [1.54, 1.807) is 24.3 Å². The van der Waals surface area contributed by atoms with Crippen LogP contribution in [-0.2, 0) is 16.1 Å². The van der Waals surface area contributed by atoms with Gasteiger partial charge in [0.05, 0.1) is 18.6 Å². The number of hydrogen-bond acceptors (Lipinski definition) is 6. The highest BCUT2D eigenvalue weighted by molar-refractivity contribution is 6.00. The van der Waals surface area contributed by atoms with Gasteiger partial charge in [0.15, 0.2) is 11.5 Å². The van der Waals surface area contributed by atoms with Crippen molar-refractivity contribution in [3.8, 4) is 11.5 Å². The van der Waals surface area contributed by atoms with Crippen molar-refractivity contribution in [2.24, 2.45) is 0 Å². The number of carbonyl (C=O) groups excluding carboxylic acids is 2. The second-order valence-electron chi connectivity index (χ2n) is 6.61. The molecule has 0 fully saturated rings. The van der Waals surface area contributed by atoms with Gasteiger partial charge >= 0.3 is 0 Å². The molecule has 164 valence electrons. The maximum atomic E-state index is 12.7. The van der Waals surface area contributed by atoms with E-state index in [1.165, 1.54) is 38.3 Å². The Bertz CT molecular complexity index is 987. The number of rotatable bonds is 10. The number of ether oxygens (including phenoxy) is 2. The summed E-state index contributed by atoms with van der Waals surface area (Å²) >= 11 is 0. The van der Waals surface area contributed by atoms with Crippen LogP contribution in [0.5, 0.6) is 11.5 Å². The summed E-state index contributed by atoms with van der Waals surface area (Å²) in [5, 5.41) is 16.1. The number of nitrogens with one attached hydrogen (secondary N) is 2. The number of hydrogen-bond donors (Lipinski definition) is 2. The summed E-state index contributed by atoms with van der Waals surface area (Å²) in [5.41, 5.74) is 1.04. The van der Waals surface area contributed by atoms with Gasteiger partial charge in [-0.15, -0.1) is 0 Å².